The number of nitro benzene ring substituents is 1. The Morgan fingerprint density at radius 1 is 1.33 bits per heavy atom. The van der Waals surface area contributed by atoms with Crippen LogP contribution in [0.3, 0.4) is 0 Å². The number of likely N-dealkylation sites (tertiary alicyclic amines) is 1. The largest absolute Gasteiger partial charge is 0.481 e. The number of aromatic amines is 1. The van der Waals surface area contributed by atoms with Crippen molar-refractivity contribution in [2.24, 2.45) is 5.92 Å². The number of para-hydroxylation sites is 1. The van der Waals surface area contributed by atoms with E-state index in [1.54, 1.807) is 23.1 Å². The van der Waals surface area contributed by atoms with Crippen LogP contribution in [-0.4, -0.2) is 44.9 Å². The van der Waals surface area contributed by atoms with Crippen LogP contribution in [-0.2, 0) is 4.79 Å². The highest BCUT2D eigenvalue weighted by atomic mass is 16.6. The van der Waals surface area contributed by atoms with E-state index in [2.05, 4.69) is 4.98 Å². The Hall–Kier alpha value is -2.90. The number of hydrogen-bond donors (Lipinski definition) is 2. The van der Waals surface area contributed by atoms with E-state index in [4.69, 9.17) is 5.11 Å². The number of carbonyl (C=O) groups is 2. The molecule has 2 aromatic rings. The summed E-state index contributed by atoms with van der Waals surface area (Å²) in [4.78, 5) is 38.4. The summed E-state index contributed by atoms with van der Waals surface area (Å²) in [5.41, 5.74) is 0.592. The quantitative estimate of drug-likeness (QED) is 0.659. The van der Waals surface area contributed by atoms with Gasteiger partial charge in [0.05, 0.1) is 4.92 Å². The Balaban J connectivity index is 1.76. The normalized spacial score (nSPS) is 15.6. The number of non-ortho nitro benzene ring substituents is 1. The van der Waals surface area contributed by atoms with E-state index in [0.717, 1.165) is 0 Å². The molecule has 0 atom stereocenters. The van der Waals surface area contributed by atoms with Crippen LogP contribution in [0.25, 0.3) is 10.9 Å². The Morgan fingerprint density at radius 2 is 2.04 bits per heavy atom. The molecule has 1 aromatic carbocycles. The van der Waals surface area contributed by atoms with Crippen molar-refractivity contribution < 1.29 is 19.6 Å². The topological polar surface area (TPSA) is 117 Å². The lowest BCUT2D eigenvalue weighted by molar-refractivity contribution is -0.383. The van der Waals surface area contributed by atoms with Gasteiger partial charge in [-0.2, -0.15) is 0 Å². The molecule has 0 aliphatic carbocycles. The number of benzene rings is 1. The molecule has 0 radical (unpaired) electrons. The summed E-state index contributed by atoms with van der Waals surface area (Å²) in [6.45, 7) is 0.989. The van der Waals surface area contributed by atoms with Gasteiger partial charge in [-0.3, -0.25) is 19.7 Å². The molecule has 0 unspecified atom stereocenters. The van der Waals surface area contributed by atoms with E-state index in [1.807, 2.05) is 0 Å². The molecule has 8 heteroatoms. The lowest BCUT2D eigenvalue weighted by Crippen LogP contribution is -2.39. The lowest BCUT2D eigenvalue weighted by atomic mass is 9.93. The third kappa shape index (κ3) is 3.08. The van der Waals surface area contributed by atoms with Gasteiger partial charge in [-0.25, -0.2) is 0 Å². The molecular formula is C16H17N3O5. The maximum Gasteiger partial charge on any atom is 0.303 e. The molecule has 1 fully saturated rings. The second-order valence-electron chi connectivity index (χ2n) is 6.01. The smallest absolute Gasteiger partial charge is 0.303 e. The molecule has 2 heterocycles. The van der Waals surface area contributed by atoms with E-state index in [0.29, 0.717) is 42.5 Å². The van der Waals surface area contributed by atoms with Crippen LogP contribution in [0.5, 0.6) is 0 Å². The molecule has 0 bridgehead atoms. The molecular weight excluding hydrogens is 314 g/mol. The molecule has 0 saturated carbocycles. The Morgan fingerprint density at radius 3 is 2.67 bits per heavy atom. The molecule has 0 spiro atoms. The highest BCUT2D eigenvalue weighted by Crippen LogP contribution is 2.27. The van der Waals surface area contributed by atoms with E-state index < -0.39 is 10.9 Å². The monoisotopic (exact) mass is 331 g/mol. The van der Waals surface area contributed by atoms with Crippen molar-refractivity contribution in [1.82, 2.24) is 9.88 Å². The molecule has 2 N–H and O–H groups in total. The second kappa shape index (κ2) is 6.31. The van der Waals surface area contributed by atoms with Crippen molar-refractivity contribution in [3.8, 4) is 0 Å². The summed E-state index contributed by atoms with van der Waals surface area (Å²) in [6.07, 6.45) is 1.43. The van der Waals surface area contributed by atoms with Crippen molar-refractivity contribution in [3.05, 3.63) is 40.1 Å². The summed E-state index contributed by atoms with van der Waals surface area (Å²) in [6, 6.07) is 6.31. The first-order chi connectivity index (χ1) is 11.5. The van der Waals surface area contributed by atoms with Crippen LogP contribution in [0.1, 0.15) is 29.8 Å². The van der Waals surface area contributed by atoms with Crippen molar-refractivity contribution >= 4 is 28.5 Å². The first kappa shape index (κ1) is 16.0. The van der Waals surface area contributed by atoms with Gasteiger partial charge < -0.3 is 15.0 Å². The molecule has 1 aromatic heterocycles. The maximum absolute atomic E-state index is 12.6. The number of rotatable bonds is 4. The van der Waals surface area contributed by atoms with Crippen LogP contribution in [0.4, 0.5) is 5.69 Å². The number of piperidine rings is 1. The predicted molar refractivity (Wildman–Crippen MR) is 85.8 cm³/mol. The van der Waals surface area contributed by atoms with E-state index >= 15 is 0 Å². The first-order valence-corrected chi connectivity index (χ1v) is 7.73. The fourth-order valence-electron chi connectivity index (χ4n) is 3.17. The van der Waals surface area contributed by atoms with Gasteiger partial charge in [-0.15, -0.1) is 0 Å². The minimum absolute atomic E-state index is 0.0632. The minimum Gasteiger partial charge on any atom is -0.481 e. The van der Waals surface area contributed by atoms with Gasteiger partial charge >= 0.3 is 5.97 Å². The van der Waals surface area contributed by atoms with Crippen molar-refractivity contribution in [1.29, 1.82) is 0 Å². The summed E-state index contributed by atoms with van der Waals surface area (Å²) in [5.74, 6) is -0.938. The summed E-state index contributed by atoms with van der Waals surface area (Å²) in [5, 5.41) is 20.5. The fourth-order valence-corrected chi connectivity index (χ4v) is 3.17. The van der Waals surface area contributed by atoms with Gasteiger partial charge in [0, 0.05) is 31.0 Å². The Labute approximate surface area is 137 Å². The standard InChI is InChI=1S/C16H17N3O5/c20-14(21)8-10-4-6-18(7-5-10)16(22)12-9-11-2-1-3-13(19(23)24)15(11)17-12/h1-3,9-10,17H,4-8H2,(H,20,21). The number of nitrogens with one attached hydrogen (secondary N) is 1. The molecule has 126 valence electrons. The van der Waals surface area contributed by atoms with E-state index in [9.17, 15) is 19.7 Å². The molecule has 8 nitrogen and oxygen atoms in total. The van der Waals surface area contributed by atoms with E-state index in [1.165, 1.54) is 6.07 Å². The first-order valence-electron chi connectivity index (χ1n) is 7.73. The predicted octanol–water partition coefficient (Wildman–Crippen LogP) is 2.40. The number of carboxylic acid groups (broad SMARTS) is 1. The van der Waals surface area contributed by atoms with Crippen LogP contribution >= 0.6 is 0 Å². The van der Waals surface area contributed by atoms with E-state index in [-0.39, 0.29) is 23.9 Å². The Kier molecular flexibility index (Phi) is 4.20. The summed E-state index contributed by atoms with van der Waals surface area (Å²) in [7, 11) is 0. The average Bonchev–Trinajstić information content (AvgIpc) is 2.98. The number of carbonyl (C=O) groups excluding carboxylic acids is 1. The number of hydrogen-bond acceptors (Lipinski definition) is 4. The van der Waals surface area contributed by atoms with Gasteiger partial charge in [0.2, 0.25) is 0 Å². The number of nitro groups is 1. The minimum atomic E-state index is -0.817. The third-order valence-electron chi connectivity index (χ3n) is 4.43. The SMILES string of the molecule is O=C(O)CC1CCN(C(=O)c2cc3cccc([N+](=O)[O-])c3[nH]2)CC1. The van der Waals surface area contributed by atoms with Gasteiger partial charge in [0.25, 0.3) is 11.6 Å². The van der Waals surface area contributed by atoms with Gasteiger partial charge in [0.1, 0.15) is 11.2 Å². The number of nitrogens with zero attached hydrogens (tertiary/aromatic N) is 2. The van der Waals surface area contributed by atoms with Crippen LogP contribution in [0.15, 0.2) is 24.3 Å². The zero-order valence-corrected chi connectivity index (χ0v) is 12.9. The Bertz CT molecular complexity index is 805. The molecule has 1 aliphatic heterocycles. The van der Waals surface area contributed by atoms with Crippen LogP contribution in [0, 0.1) is 16.0 Å². The number of aliphatic carboxylic acids is 1. The highest BCUT2D eigenvalue weighted by Gasteiger charge is 2.26. The van der Waals surface area contributed by atoms with Gasteiger partial charge in [0.15, 0.2) is 0 Å². The molecule has 3 rings (SSSR count). The molecule has 1 amide bonds. The maximum atomic E-state index is 12.6. The van der Waals surface area contributed by atoms with Crippen molar-refractivity contribution in [2.75, 3.05) is 13.1 Å². The summed E-state index contributed by atoms with van der Waals surface area (Å²) >= 11 is 0. The van der Waals surface area contributed by atoms with Gasteiger partial charge in [-0.1, -0.05) is 12.1 Å². The zero-order chi connectivity index (χ0) is 17.3. The molecule has 1 aliphatic rings. The summed E-state index contributed by atoms with van der Waals surface area (Å²) < 4.78 is 0. The fraction of sp³-hybridized carbons (Fsp3) is 0.375. The van der Waals surface area contributed by atoms with Crippen molar-refractivity contribution in [3.63, 3.8) is 0 Å². The second-order valence-corrected chi connectivity index (χ2v) is 6.01. The molecule has 1 saturated heterocycles. The average molecular weight is 331 g/mol. The zero-order valence-electron chi connectivity index (χ0n) is 12.9. The van der Waals surface area contributed by atoms with Crippen LogP contribution < -0.4 is 0 Å². The number of H-pyrrole nitrogens is 1. The lowest BCUT2D eigenvalue weighted by Gasteiger charge is -2.31. The number of fused-ring (bicyclic) bond motifs is 1. The van der Waals surface area contributed by atoms with Gasteiger partial charge in [-0.05, 0) is 24.8 Å². The van der Waals surface area contributed by atoms with Crippen LogP contribution in [0.2, 0.25) is 0 Å². The highest BCUT2D eigenvalue weighted by molar-refractivity contribution is 6.00. The number of carboxylic acids is 1. The molecule has 24 heavy (non-hydrogen) atoms. The number of amides is 1. The number of aromatic nitrogens is 1. The third-order valence-corrected chi connectivity index (χ3v) is 4.43. The van der Waals surface area contributed by atoms with Crippen molar-refractivity contribution in [2.45, 2.75) is 19.3 Å².